The number of para-hydroxylation sites is 1. The molecule has 0 fully saturated rings. The molecule has 0 atom stereocenters. The largest absolute Gasteiger partial charge is 0.478 e. The zero-order valence-electron chi connectivity index (χ0n) is 9.39. The van der Waals surface area contributed by atoms with Crippen LogP contribution in [0.25, 0.3) is 10.9 Å². The number of rotatable bonds is 4. The van der Waals surface area contributed by atoms with Crippen LogP contribution in [-0.2, 0) is 0 Å². The minimum atomic E-state index is 0.480. The van der Waals surface area contributed by atoms with Gasteiger partial charge in [0.25, 0.3) is 0 Å². The molecule has 2 rings (SSSR count). The van der Waals surface area contributed by atoms with Gasteiger partial charge in [-0.3, -0.25) is 0 Å². The molecule has 0 aliphatic rings. The second kappa shape index (κ2) is 5.28. The van der Waals surface area contributed by atoms with Crippen molar-refractivity contribution in [2.45, 2.75) is 6.42 Å². The molecule has 0 spiro atoms. The van der Waals surface area contributed by atoms with Crippen molar-refractivity contribution in [1.29, 1.82) is 5.26 Å². The quantitative estimate of drug-likeness (QED) is 0.809. The summed E-state index contributed by atoms with van der Waals surface area (Å²) in [6.45, 7) is 1.10. The summed E-state index contributed by atoms with van der Waals surface area (Å²) in [6.07, 6.45) is 0.774. The van der Waals surface area contributed by atoms with Crippen LogP contribution in [0, 0.1) is 11.3 Å². The van der Waals surface area contributed by atoms with Gasteiger partial charge < -0.3 is 10.5 Å². The molecule has 0 aliphatic heterocycles. The fraction of sp³-hybridized carbons (Fsp3) is 0.231. The molecule has 86 valence electrons. The van der Waals surface area contributed by atoms with Gasteiger partial charge in [-0.1, -0.05) is 18.2 Å². The Morgan fingerprint density at radius 1 is 1.35 bits per heavy atom. The Morgan fingerprint density at radius 3 is 2.94 bits per heavy atom. The summed E-state index contributed by atoms with van der Waals surface area (Å²) >= 11 is 0. The van der Waals surface area contributed by atoms with Crippen molar-refractivity contribution < 1.29 is 4.74 Å². The molecule has 2 N–H and O–H groups in total. The van der Waals surface area contributed by atoms with E-state index in [-0.39, 0.29) is 0 Å². The van der Waals surface area contributed by atoms with Crippen molar-refractivity contribution in [1.82, 2.24) is 4.98 Å². The van der Waals surface area contributed by atoms with Gasteiger partial charge in [-0.05, 0) is 19.0 Å². The minimum Gasteiger partial charge on any atom is -0.478 e. The fourth-order valence-electron chi connectivity index (χ4n) is 1.58. The maximum atomic E-state index is 9.08. The van der Waals surface area contributed by atoms with Gasteiger partial charge in [0.15, 0.2) is 0 Å². The molecule has 4 nitrogen and oxygen atoms in total. The lowest BCUT2D eigenvalue weighted by atomic mass is 10.1. The monoisotopic (exact) mass is 227 g/mol. The molecule has 17 heavy (non-hydrogen) atoms. The van der Waals surface area contributed by atoms with Gasteiger partial charge in [0.1, 0.15) is 6.07 Å². The lowest BCUT2D eigenvalue weighted by molar-refractivity contribution is 0.302. The Balaban J connectivity index is 2.36. The molecule has 1 heterocycles. The highest BCUT2D eigenvalue weighted by Crippen LogP contribution is 2.21. The van der Waals surface area contributed by atoms with Crippen LogP contribution in [0.15, 0.2) is 30.3 Å². The van der Waals surface area contributed by atoms with Gasteiger partial charge in [-0.25, -0.2) is 4.98 Å². The van der Waals surface area contributed by atoms with Crippen molar-refractivity contribution in [2.75, 3.05) is 13.2 Å². The lowest BCUT2D eigenvalue weighted by Crippen LogP contribution is -2.07. The summed E-state index contributed by atoms with van der Waals surface area (Å²) in [5.41, 5.74) is 6.74. The smallest absolute Gasteiger partial charge is 0.215 e. The van der Waals surface area contributed by atoms with Crippen molar-refractivity contribution in [3.63, 3.8) is 0 Å². The van der Waals surface area contributed by atoms with Crippen LogP contribution in [0.1, 0.15) is 12.0 Å². The number of ether oxygens (including phenoxy) is 1. The van der Waals surface area contributed by atoms with Crippen LogP contribution in [0.2, 0.25) is 0 Å². The van der Waals surface area contributed by atoms with Gasteiger partial charge >= 0.3 is 0 Å². The highest BCUT2D eigenvalue weighted by Gasteiger charge is 2.05. The molecule has 0 bridgehead atoms. The molecule has 0 saturated carbocycles. The number of aromatic nitrogens is 1. The molecular formula is C13H13N3O. The van der Waals surface area contributed by atoms with Crippen LogP contribution in [0.3, 0.4) is 0 Å². The number of fused-ring (bicyclic) bond motifs is 1. The lowest BCUT2D eigenvalue weighted by Gasteiger charge is -2.06. The molecule has 2 aromatic rings. The summed E-state index contributed by atoms with van der Waals surface area (Å²) in [5.74, 6) is 0.480. The van der Waals surface area contributed by atoms with Gasteiger partial charge in [0.05, 0.1) is 17.7 Å². The highest BCUT2D eigenvalue weighted by molar-refractivity contribution is 5.85. The Kier molecular flexibility index (Phi) is 3.53. The number of pyridine rings is 1. The number of hydrogen-bond donors (Lipinski definition) is 1. The van der Waals surface area contributed by atoms with Crippen molar-refractivity contribution in [3.05, 3.63) is 35.9 Å². The van der Waals surface area contributed by atoms with E-state index >= 15 is 0 Å². The third kappa shape index (κ3) is 2.52. The van der Waals surface area contributed by atoms with Crippen molar-refractivity contribution >= 4 is 10.9 Å². The SMILES string of the molecule is N#Cc1cc(OCCCN)nc2ccccc12. The van der Waals surface area contributed by atoms with Crippen LogP contribution >= 0.6 is 0 Å². The first-order chi connectivity index (χ1) is 8.35. The Bertz CT molecular complexity index is 560. The Morgan fingerprint density at radius 2 is 2.18 bits per heavy atom. The van der Waals surface area contributed by atoms with E-state index in [4.69, 9.17) is 15.7 Å². The first-order valence-corrected chi connectivity index (χ1v) is 5.48. The number of benzene rings is 1. The van der Waals surface area contributed by atoms with Gasteiger partial charge in [-0.15, -0.1) is 0 Å². The van der Waals surface area contributed by atoms with E-state index in [0.29, 0.717) is 24.6 Å². The van der Waals surface area contributed by atoms with E-state index in [1.54, 1.807) is 6.07 Å². The first-order valence-electron chi connectivity index (χ1n) is 5.48. The molecule has 0 unspecified atom stereocenters. The van der Waals surface area contributed by atoms with Crippen molar-refractivity contribution in [2.24, 2.45) is 5.73 Å². The topological polar surface area (TPSA) is 71.9 Å². The third-order valence-electron chi connectivity index (χ3n) is 2.41. The van der Waals surface area contributed by atoms with E-state index in [2.05, 4.69) is 11.1 Å². The minimum absolute atomic E-state index is 0.480. The van der Waals surface area contributed by atoms with E-state index in [1.807, 2.05) is 24.3 Å². The average molecular weight is 227 g/mol. The second-order valence-corrected chi connectivity index (χ2v) is 3.63. The summed E-state index contributed by atoms with van der Waals surface area (Å²) in [5, 5.41) is 9.93. The average Bonchev–Trinajstić information content (AvgIpc) is 2.38. The number of nitrogens with zero attached hydrogens (tertiary/aromatic N) is 2. The molecule has 0 saturated heterocycles. The summed E-state index contributed by atoms with van der Waals surface area (Å²) in [4.78, 5) is 4.34. The highest BCUT2D eigenvalue weighted by atomic mass is 16.5. The van der Waals surface area contributed by atoms with E-state index < -0.39 is 0 Å². The maximum Gasteiger partial charge on any atom is 0.215 e. The number of hydrogen-bond acceptors (Lipinski definition) is 4. The molecule has 0 radical (unpaired) electrons. The molecule has 0 amide bonds. The van der Waals surface area contributed by atoms with Gasteiger partial charge in [0.2, 0.25) is 5.88 Å². The molecular weight excluding hydrogens is 214 g/mol. The van der Waals surface area contributed by atoms with E-state index in [9.17, 15) is 0 Å². The number of nitriles is 1. The Hall–Kier alpha value is -2.12. The zero-order valence-corrected chi connectivity index (χ0v) is 9.39. The Labute approximate surface area is 99.6 Å². The molecule has 1 aromatic carbocycles. The standard InChI is InChI=1S/C13H13N3O/c14-6-3-7-17-13-8-10(9-15)11-4-1-2-5-12(11)16-13/h1-2,4-5,8H,3,6-7,14H2. The predicted octanol–water partition coefficient (Wildman–Crippen LogP) is 1.83. The van der Waals surface area contributed by atoms with Gasteiger partial charge in [0, 0.05) is 11.5 Å². The van der Waals surface area contributed by atoms with Crippen LogP contribution < -0.4 is 10.5 Å². The summed E-state index contributed by atoms with van der Waals surface area (Å²) < 4.78 is 5.45. The second-order valence-electron chi connectivity index (χ2n) is 3.63. The third-order valence-corrected chi connectivity index (χ3v) is 2.41. The van der Waals surface area contributed by atoms with Gasteiger partial charge in [-0.2, -0.15) is 5.26 Å². The fourth-order valence-corrected chi connectivity index (χ4v) is 1.58. The predicted molar refractivity (Wildman–Crippen MR) is 65.6 cm³/mol. The summed E-state index contributed by atoms with van der Waals surface area (Å²) in [7, 11) is 0. The number of nitrogens with two attached hydrogens (primary N) is 1. The normalized spacial score (nSPS) is 10.1. The van der Waals surface area contributed by atoms with E-state index in [1.165, 1.54) is 0 Å². The van der Waals surface area contributed by atoms with Crippen LogP contribution in [-0.4, -0.2) is 18.1 Å². The molecule has 0 aliphatic carbocycles. The molecule has 1 aromatic heterocycles. The first kappa shape index (κ1) is 11.4. The maximum absolute atomic E-state index is 9.08. The molecule has 4 heteroatoms. The van der Waals surface area contributed by atoms with Crippen LogP contribution in [0.5, 0.6) is 5.88 Å². The zero-order chi connectivity index (χ0) is 12.1. The van der Waals surface area contributed by atoms with Crippen molar-refractivity contribution in [3.8, 4) is 11.9 Å². The van der Waals surface area contributed by atoms with E-state index in [0.717, 1.165) is 17.3 Å². The van der Waals surface area contributed by atoms with Crippen LogP contribution in [0.4, 0.5) is 0 Å². The summed E-state index contributed by atoms with van der Waals surface area (Å²) in [6, 6.07) is 11.3.